The summed E-state index contributed by atoms with van der Waals surface area (Å²) in [5.41, 5.74) is -1.00. The van der Waals surface area contributed by atoms with E-state index in [1.165, 1.54) is 18.2 Å². The lowest BCUT2D eigenvalue weighted by molar-refractivity contribution is 0.00578. The number of halogens is 1. The summed E-state index contributed by atoms with van der Waals surface area (Å²) in [5.74, 6) is -0.489. The zero-order valence-electron chi connectivity index (χ0n) is 15.1. The molecule has 1 heterocycles. The number of rotatable bonds is 6. The van der Waals surface area contributed by atoms with Crippen molar-refractivity contribution < 1.29 is 27.3 Å². The third-order valence-corrected chi connectivity index (χ3v) is 6.51. The fraction of sp³-hybridized carbons (Fsp3) is 0.625. The van der Waals surface area contributed by atoms with Crippen molar-refractivity contribution in [1.82, 2.24) is 0 Å². The summed E-state index contributed by atoms with van der Waals surface area (Å²) in [6, 6.07) is 4.10. The molecule has 0 bridgehead atoms. The van der Waals surface area contributed by atoms with Crippen molar-refractivity contribution in [3.05, 3.63) is 24.0 Å². The molecule has 1 saturated heterocycles. The van der Waals surface area contributed by atoms with E-state index in [1.54, 1.807) is 13.8 Å². The number of benzene rings is 1. The van der Waals surface area contributed by atoms with E-state index in [0.29, 0.717) is 0 Å². The van der Waals surface area contributed by atoms with E-state index in [4.69, 9.17) is 18.4 Å². The van der Waals surface area contributed by atoms with Crippen molar-refractivity contribution in [1.29, 1.82) is 0 Å². The maximum atomic E-state index is 14.4. The first-order chi connectivity index (χ1) is 11.1. The molecule has 2 rings (SSSR count). The summed E-state index contributed by atoms with van der Waals surface area (Å²) in [5, 5.41) is 0.289. The topological polar surface area (TPSA) is 54.0 Å². The van der Waals surface area contributed by atoms with E-state index in [1.807, 2.05) is 27.7 Å². The van der Waals surface area contributed by atoms with Gasteiger partial charge in [-0.2, -0.15) is 0 Å². The van der Waals surface area contributed by atoms with Gasteiger partial charge in [-0.25, -0.2) is 4.39 Å². The quantitative estimate of drug-likeness (QED) is 0.578. The molecule has 0 aliphatic carbocycles. The standard InChI is InChI=1S/C16H25BFO5P/c1-7-20-24(19,21-8-2)12-9-10-14(18)13(11-12)17-22-15(3,4)16(5,6)23-17/h9-11H,7-8H2,1-6H3. The molecule has 1 aliphatic rings. The Morgan fingerprint density at radius 2 is 1.58 bits per heavy atom. The van der Waals surface area contributed by atoms with Crippen molar-refractivity contribution in [2.75, 3.05) is 13.2 Å². The van der Waals surface area contributed by atoms with Gasteiger partial charge in [-0.05, 0) is 59.7 Å². The molecule has 1 aromatic rings. The lowest BCUT2D eigenvalue weighted by Crippen LogP contribution is -2.41. The van der Waals surface area contributed by atoms with Gasteiger partial charge in [0.25, 0.3) is 0 Å². The minimum Gasteiger partial charge on any atom is -0.399 e. The van der Waals surface area contributed by atoms with Gasteiger partial charge in [0.05, 0.1) is 29.7 Å². The molecule has 1 fully saturated rings. The molecule has 0 N–H and O–H groups in total. The highest BCUT2D eigenvalue weighted by atomic mass is 31.2. The molecule has 1 aliphatic heterocycles. The average molecular weight is 358 g/mol. The van der Waals surface area contributed by atoms with E-state index in [2.05, 4.69) is 0 Å². The Morgan fingerprint density at radius 1 is 1.08 bits per heavy atom. The first-order valence-corrected chi connectivity index (χ1v) is 9.65. The molecular formula is C16H25BFO5P. The van der Waals surface area contributed by atoms with Gasteiger partial charge in [-0.15, -0.1) is 0 Å². The van der Waals surface area contributed by atoms with Gasteiger partial charge in [-0.3, -0.25) is 4.57 Å². The normalized spacial score (nSPS) is 19.7. The third-order valence-electron chi connectivity index (χ3n) is 4.40. The maximum Gasteiger partial charge on any atom is 0.497 e. The number of hydrogen-bond acceptors (Lipinski definition) is 5. The summed E-state index contributed by atoms with van der Waals surface area (Å²) in [7, 11) is -4.38. The number of hydrogen-bond donors (Lipinski definition) is 0. The molecule has 0 atom stereocenters. The fourth-order valence-electron chi connectivity index (χ4n) is 2.38. The second-order valence-electron chi connectivity index (χ2n) is 6.63. The molecule has 0 saturated carbocycles. The highest BCUT2D eigenvalue weighted by Gasteiger charge is 2.52. The molecule has 1 aromatic carbocycles. The van der Waals surface area contributed by atoms with Crippen LogP contribution in [0, 0.1) is 5.82 Å². The van der Waals surface area contributed by atoms with E-state index >= 15 is 0 Å². The molecule has 134 valence electrons. The summed E-state index contributed by atoms with van der Waals surface area (Å²) < 4.78 is 49.7. The highest BCUT2D eigenvalue weighted by molar-refractivity contribution is 7.62. The van der Waals surface area contributed by atoms with E-state index < -0.39 is 31.7 Å². The molecule has 5 nitrogen and oxygen atoms in total. The van der Waals surface area contributed by atoms with Crippen LogP contribution in [-0.4, -0.2) is 31.5 Å². The molecule has 0 radical (unpaired) electrons. The highest BCUT2D eigenvalue weighted by Crippen LogP contribution is 2.46. The van der Waals surface area contributed by atoms with Gasteiger partial charge < -0.3 is 18.4 Å². The summed E-state index contributed by atoms with van der Waals surface area (Å²) in [4.78, 5) is 0. The predicted octanol–water partition coefficient (Wildman–Crippen LogP) is 3.02. The van der Waals surface area contributed by atoms with Crippen LogP contribution < -0.4 is 10.8 Å². The van der Waals surface area contributed by atoms with Crippen LogP contribution in [0.4, 0.5) is 4.39 Å². The Bertz CT molecular complexity index is 623. The predicted molar refractivity (Wildman–Crippen MR) is 92.6 cm³/mol. The van der Waals surface area contributed by atoms with Crippen molar-refractivity contribution >= 4 is 25.5 Å². The molecule has 0 aromatic heterocycles. The molecule has 24 heavy (non-hydrogen) atoms. The fourth-order valence-corrected chi connectivity index (χ4v) is 3.99. The summed E-state index contributed by atoms with van der Waals surface area (Å²) in [6.07, 6.45) is 0. The van der Waals surface area contributed by atoms with Crippen LogP contribution in [0.25, 0.3) is 0 Å². The third kappa shape index (κ3) is 3.61. The van der Waals surface area contributed by atoms with Gasteiger partial charge >= 0.3 is 14.7 Å². The first-order valence-electron chi connectivity index (χ1n) is 8.11. The zero-order valence-corrected chi connectivity index (χ0v) is 16.0. The largest absolute Gasteiger partial charge is 0.497 e. The van der Waals surface area contributed by atoms with Crippen LogP contribution in [0.1, 0.15) is 41.5 Å². The second kappa shape index (κ2) is 6.89. The van der Waals surface area contributed by atoms with Gasteiger partial charge in [0, 0.05) is 5.46 Å². The van der Waals surface area contributed by atoms with Crippen molar-refractivity contribution in [2.45, 2.75) is 52.7 Å². The Morgan fingerprint density at radius 3 is 2.04 bits per heavy atom. The van der Waals surface area contributed by atoms with Crippen LogP contribution in [0.2, 0.25) is 0 Å². The van der Waals surface area contributed by atoms with Gasteiger partial charge in [-0.1, -0.05) is 0 Å². The second-order valence-corrected chi connectivity index (χ2v) is 8.65. The van der Waals surface area contributed by atoms with Crippen LogP contribution in [0.3, 0.4) is 0 Å². The van der Waals surface area contributed by atoms with Crippen LogP contribution in [0.15, 0.2) is 18.2 Å². The monoisotopic (exact) mass is 358 g/mol. The SMILES string of the molecule is CCOP(=O)(OCC)c1ccc(F)c(B2OC(C)(C)C(C)(C)O2)c1. The van der Waals surface area contributed by atoms with Gasteiger partial charge in [0.15, 0.2) is 0 Å². The average Bonchev–Trinajstić information content (AvgIpc) is 2.68. The van der Waals surface area contributed by atoms with Crippen molar-refractivity contribution in [2.24, 2.45) is 0 Å². The minimum absolute atomic E-state index is 0.186. The summed E-state index contributed by atoms with van der Waals surface area (Å²) >= 11 is 0. The lowest BCUT2D eigenvalue weighted by atomic mass is 9.79. The van der Waals surface area contributed by atoms with Crippen LogP contribution in [0.5, 0.6) is 0 Å². The van der Waals surface area contributed by atoms with Gasteiger partial charge in [0.1, 0.15) is 5.82 Å². The smallest absolute Gasteiger partial charge is 0.399 e. The van der Waals surface area contributed by atoms with Crippen molar-refractivity contribution in [3.8, 4) is 0 Å². The summed E-state index contributed by atoms with van der Waals surface area (Å²) in [6.45, 7) is 11.5. The first kappa shape index (κ1) is 19.6. The van der Waals surface area contributed by atoms with Crippen molar-refractivity contribution in [3.63, 3.8) is 0 Å². The molecule has 0 amide bonds. The maximum absolute atomic E-state index is 14.4. The van der Waals surface area contributed by atoms with E-state index in [9.17, 15) is 8.96 Å². The Labute approximate surface area is 143 Å². The van der Waals surface area contributed by atoms with Crippen LogP contribution >= 0.6 is 7.60 Å². The molecular weight excluding hydrogens is 333 g/mol. The van der Waals surface area contributed by atoms with Gasteiger partial charge in [0.2, 0.25) is 0 Å². The molecule has 0 spiro atoms. The molecule has 8 heteroatoms. The zero-order chi connectivity index (χ0) is 18.2. The van der Waals surface area contributed by atoms with E-state index in [0.717, 1.165) is 0 Å². The minimum atomic E-state index is -3.50. The Kier molecular flexibility index (Phi) is 5.63. The lowest BCUT2D eigenvalue weighted by Gasteiger charge is -2.32. The molecule has 0 unspecified atom stereocenters. The Hall–Kier alpha value is -0.715. The Balaban J connectivity index is 2.42. The van der Waals surface area contributed by atoms with E-state index in [-0.39, 0.29) is 24.0 Å². The van der Waals surface area contributed by atoms with Crippen LogP contribution in [-0.2, 0) is 22.9 Å².